The van der Waals surface area contributed by atoms with Crippen LogP contribution in [0.2, 0.25) is 20.1 Å². The van der Waals surface area contributed by atoms with Crippen LogP contribution in [0.15, 0.2) is 36.4 Å². The first-order valence-electron chi connectivity index (χ1n) is 6.84. The lowest BCUT2D eigenvalue weighted by Gasteiger charge is -2.16. The van der Waals surface area contributed by atoms with Gasteiger partial charge in [0.2, 0.25) is 0 Å². The van der Waals surface area contributed by atoms with Crippen molar-refractivity contribution in [3.63, 3.8) is 0 Å². The minimum Gasteiger partial charge on any atom is -0.293 e. The maximum Gasteiger partial charge on any atom is 0.176 e. The van der Waals surface area contributed by atoms with E-state index in [1.54, 1.807) is 43.3 Å². The number of benzene rings is 2. The van der Waals surface area contributed by atoms with E-state index >= 15 is 0 Å². The van der Waals surface area contributed by atoms with Crippen LogP contribution in [0.3, 0.4) is 0 Å². The number of halogens is 4. The number of hydrogen-bond donors (Lipinski definition) is 0. The molecule has 0 bridgehead atoms. The van der Waals surface area contributed by atoms with Crippen molar-refractivity contribution in [2.45, 2.75) is 13.3 Å². The summed E-state index contributed by atoms with van der Waals surface area (Å²) in [6.07, 6.45) is 0.279. The highest BCUT2D eigenvalue weighted by molar-refractivity contribution is 6.43. The topological polar surface area (TPSA) is 34.1 Å². The summed E-state index contributed by atoms with van der Waals surface area (Å²) in [4.78, 5) is 25.6. The van der Waals surface area contributed by atoms with Gasteiger partial charge < -0.3 is 0 Å². The molecule has 2 aromatic carbocycles. The van der Waals surface area contributed by atoms with Gasteiger partial charge in [0, 0.05) is 0 Å². The fourth-order valence-corrected chi connectivity index (χ4v) is 3.47. The molecule has 0 aliphatic carbocycles. The Labute approximate surface area is 154 Å². The molecule has 0 saturated heterocycles. The van der Waals surface area contributed by atoms with Crippen molar-refractivity contribution in [3.8, 4) is 0 Å². The molecule has 0 fully saturated rings. The van der Waals surface area contributed by atoms with Gasteiger partial charge in [0.1, 0.15) is 0 Å². The van der Waals surface area contributed by atoms with Crippen LogP contribution in [0.5, 0.6) is 0 Å². The summed E-state index contributed by atoms with van der Waals surface area (Å²) in [6.45, 7) is 1.73. The van der Waals surface area contributed by atoms with Crippen LogP contribution >= 0.6 is 46.4 Å². The van der Waals surface area contributed by atoms with Crippen molar-refractivity contribution in [3.05, 3.63) is 67.6 Å². The lowest BCUT2D eigenvalue weighted by Crippen LogP contribution is -2.25. The lowest BCUT2D eigenvalue weighted by molar-refractivity contribution is 0.0804. The minimum absolute atomic E-state index is 0.138. The number of carbonyl (C=O) groups excluding carboxylic acids is 2. The summed E-state index contributed by atoms with van der Waals surface area (Å²) in [7, 11) is 0. The highest BCUT2D eigenvalue weighted by atomic mass is 35.5. The average Bonchev–Trinajstić information content (AvgIpc) is 2.47. The summed E-state index contributed by atoms with van der Waals surface area (Å²) in [5, 5.41) is 0.830. The second kappa shape index (κ2) is 7.67. The Morgan fingerprint density at radius 2 is 1.09 bits per heavy atom. The molecule has 0 heterocycles. The van der Waals surface area contributed by atoms with E-state index in [9.17, 15) is 9.59 Å². The Kier molecular flexibility index (Phi) is 6.10. The van der Waals surface area contributed by atoms with Crippen LogP contribution in [-0.4, -0.2) is 11.6 Å². The van der Waals surface area contributed by atoms with Crippen LogP contribution < -0.4 is 0 Å². The number of carbonyl (C=O) groups is 2. The van der Waals surface area contributed by atoms with E-state index in [1.807, 2.05) is 0 Å². The standard InChI is InChI=1S/C17H12Cl4O2/c1-2-9(16(22)14-10(18)5-3-6-11(14)19)17(23)15-12(20)7-4-8-13(15)21/h3-9H,2H2,1H3. The molecule has 0 aliphatic rings. The van der Waals surface area contributed by atoms with E-state index in [1.165, 1.54) is 0 Å². The van der Waals surface area contributed by atoms with Gasteiger partial charge in [0.25, 0.3) is 0 Å². The quantitative estimate of drug-likeness (QED) is 0.438. The normalized spacial score (nSPS) is 10.9. The van der Waals surface area contributed by atoms with Crippen molar-refractivity contribution < 1.29 is 9.59 Å². The molecule has 2 nitrogen and oxygen atoms in total. The summed E-state index contributed by atoms with van der Waals surface area (Å²) < 4.78 is 0. The molecule has 0 aliphatic heterocycles. The number of Topliss-reactive ketones (excluding diaryl/α,β-unsaturated/α-hetero) is 2. The van der Waals surface area contributed by atoms with Crippen LogP contribution in [0.4, 0.5) is 0 Å². The van der Waals surface area contributed by atoms with E-state index < -0.39 is 17.5 Å². The zero-order valence-electron chi connectivity index (χ0n) is 12.1. The van der Waals surface area contributed by atoms with Crippen molar-refractivity contribution in [1.82, 2.24) is 0 Å². The Balaban J connectivity index is 2.48. The Morgan fingerprint density at radius 3 is 1.35 bits per heavy atom. The van der Waals surface area contributed by atoms with Gasteiger partial charge in [-0.05, 0) is 30.7 Å². The Hall–Kier alpha value is -1.06. The summed E-state index contributed by atoms with van der Waals surface area (Å²) >= 11 is 24.3. The van der Waals surface area contributed by atoms with Crippen LogP contribution in [-0.2, 0) is 0 Å². The maximum absolute atomic E-state index is 12.8. The minimum atomic E-state index is -0.954. The van der Waals surface area contributed by atoms with Crippen LogP contribution in [0, 0.1) is 5.92 Å². The first kappa shape index (κ1) is 18.3. The molecule has 0 unspecified atom stereocenters. The van der Waals surface area contributed by atoms with Gasteiger partial charge in [0.05, 0.1) is 37.1 Å². The van der Waals surface area contributed by atoms with E-state index in [4.69, 9.17) is 46.4 Å². The summed E-state index contributed by atoms with van der Waals surface area (Å²) in [6, 6.07) is 9.49. The molecule has 0 atom stereocenters. The molecule has 0 radical (unpaired) electrons. The van der Waals surface area contributed by atoms with E-state index in [0.717, 1.165) is 0 Å². The van der Waals surface area contributed by atoms with Crippen molar-refractivity contribution in [2.75, 3.05) is 0 Å². The third-order valence-corrected chi connectivity index (χ3v) is 4.72. The van der Waals surface area contributed by atoms with Gasteiger partial charge in [-0.1, -0.05) is 65.5 Å². The monoisotopic (exact) mass is 388 g/mol. The maximum atomic E-state index is 12.8. The van der Waals surface area contributed by atoms with Gasteiger partial charge in [-0.15, -0.1) is 0 Å². The number of ketones is 2. The second-order valence-electron chi connectivity index (χ2n) is 4.88. The van der Waals surface area contributed by atoms with Crippen molar-refractivity contribution in [1.29, 1.82) is 0 Å². The van der Waals surface area contributed by atoms with Gasteiger partial charge in [-0.2, -0.15) is 0 Å². The fraction of sp³-hybridized carbons (Fsp3) is 0.176. The first-order chi connectivity index (χ1) is 10.9. The molecule has 2 aromatic rings. The molecular formula is C17H12Cl4O2. The van der Waals surface area contributed by atoms with E-state index in [-0.39, 0.29) is 37.6 Å². The summed E-state index contributed by atoms with van der Waals surface area (Å²) in [5.41, 5.74) is 0.276. The molecule has 0 N–H and O–H groups in total. The smallest absolute Gasteiger partial charge is 0.176 e. The average molecular weight is 390 g/mol. The molecule has 0 aromatic heterocycles. The Bertz CT molecular complexity index is 667. The SMILES string of the molecule is CCC(C(=O)c1c(Cl)cccc1Cl)C(=O)c1c(Cl)cccc1Cl. The van der Waals surface area contributed by atoms with E-state index in [0.29, 0.717) is 0 Å². The molecule has 2 rings (SSSR count). The molecule has 0 saturated carbocycles. The van der Waals surface area contributed by atoms with Crippen molar-refractivity contribution >= 4 is 58.0 Å². The second-order valence-corrected chi connectivity index (χ2v) is 6.51. The zero-order valence-corrected chi connectivity index (χ0v) is 15.1. The molecule has 23 heavy (non-hydrogen) atoms. The van der Waals surface area contributed by atoms with E-state index in [2.05, 4.69) is 0 Å². The van der Waals surface area contributed by atoms with Crippen LogP contribution in [0.25, 0.3) is 0 Å². The number of rotatable bonds is 5. The third-order valence-electron chi connectivity index (χ3n) is 3.46. The highest BCUT2D eigenvalue weighted by Gasteiger charge is 2.31. The molecule has 6 heteroatoms. The van der Waals surface area contributed by atoms with Gasteiger partial charge >= 0.3 is 0 Å². The van der Waals surface area contributed by atoms with Crippen molar-refractivity contribution in [2.24, 2.45) is 5.92 Å². The van der Waals surface area contributed by atoms with Gasteiger partial charge in [-0.25, -0.2) is 0 Å². The fourth-order valence-electron chi connectivity index (χ4n) is 2.30. The predicted molar refractivity (Wildman–Crippen MR) is 95.4 cm³/mol. The van der Waals surface area contributed by atoms with Crippen LogP contribution in [0.1, 0.15) is 34.1 Å². The largest absolute Gasteiger partial charge is 0.293 e. The first-order valence-corrected chi connectivity index (χ1v) is 8.36. The molecule has 120 valence electrons. The predicted octanol–water partition coefficient (Wildman–Crippen LogP) is 6.39. The molecule has 0 spiro atoms. The third kappa shape index (κ3) is 3.72. The molecule has 0 amide bonds. The number of hydrogen-bond acceptors (Lipinski definition) is 2. The highest BCUT2D eigenvalue weighted by Crippen LogP contribution is 2.32. The molecular weight excluding hydrogens is 378 g/mol. The Morgan fingerprint density at radius 1 is 0.783 bits per heavy atom. The van der Waals surface area contributed by atoms with Gasteiger partial charge in [0.15, 0.2) is 11.6 Å². The zero-order chi connectivity index (χ0) is 17.1. The summed E-state index contributed by atoms with van der Waals surface area (Å²) in [5.74, 6) is -1.84. The van der Waals surface area contributed by atoms with Gasteiger partial charge in [-0.3, -0.25) is 9.59 Å². The lowest BCUT2D eigenvalue weighted by atomic mass is 9.88.